The first-order chi connectivity index (χ1) is 7.99. The summed E-state index contributed by atoms with van der Waals surface area (Å²) in [5, 5.41) is 13.5. The summed E-state index contributed by atoms with van der Waals surface area (Å²) in [6, 6.07) is 0.265. The van der Waals surface area contributed by atoms with E-state index in [0.29, 0.717) is 32.7 Å². The fraction of sp³-hybridized carbons (Fsp3) is 0.917. The van der Waals surface area contributed by atoms with E-state index in [4.69, 9.17) is 4.74 Å². The summed E-state index contributed by atoms with van der Waals surface area (Å²) in [6.07, 6.45) is 1.38. The molecule has 0 radical (unpaired) electrons. The topological polar surface area (TPSA) is 61.8 Å². The van der Waals surface area contributed by atoms with Crippen molar-refractivity contribution in [3.63, 3.8) is 0 Å². The number of hydrogen-bond donors (Lipinski definition) is 2. The summed E-state index contributed by atoms with van der Waals surface area (Å²) in [7, 11) is 1.61. The third-order valence-corrected chi connectivity index (χ3v) is 3.07. The molecule has 0 aromatic heterocycles. The zero-order chi connectivity index (χ0) is 12.9. The first kappa shape index (κ1) is 14.4. The quantitative estimate of drug-likeness (QED) is 0.689. The molecule has 1 rings (SSSR count). The van der Waals surface area contributed by atoms with Crippen LogP contribution in [0.1, 0.15) is 26.7 Å². The van der Waals surface area contributed by atoms with Gasteiger partial charge in [-0.1, -0.05) is 13.8 Å². The van der Waals surface area contributed by atoms with E-state index in [1.54, 1.807) is 12.0 Å². The van der Waals surface area contributed by atoms with Gasteiger partial charge in [0.1, 0.15) is 0 Å². The molecule has 0 aromatic carbocycles. The number of aliphatic hydroxyl groups is 1. The molecule has 1 aliphatic rings. The lowest BCUT2D eigenvalue weighted by molar-refractivity contribution is -0.157. The molecule has 0 aromatic rings. The van der Waals surface area contributed by atoms with Crippen molar-refractivity contribution in [1.29, 1.82) is 0 Å². The zero-order valence-electron chi connectivity index (χ0n) is 11.0. The lowest BCUT2D eigenvalue weighted by Gasteiger charge is -2.38. The Kier molecular flexibility index (Phi) is 5.36. The van der Waals surface area contributed by atoms with Crippen LogP contribution in [0.5, 0.6) is 0 Å². The lowest BCUT2D eigenvalue weighted by atomic mass is 9.91. The SMILES string of the molecule is COCCN1CCC[C@@](O)(CNC(C)C)C1=O. The van der Waals surface area contributed by atoms with Gasteiger partial charge in [-0.15, -0.1) is 0 Å². The number of likely N-dealkylation sites (tertiary alicyclic amines) is 1. The number of ether oxygens (including phenoxy) is 1. The summed E-state index contributed by atoms with van der Waals surface area (Å²) in [5.41, 5.74) is -1.24. The van der Waals surface area contributed by atoms with E-state index in [1.165, 1.54) is 0 Å². The predicted molar refractivity (Wildman–Crippen MR) is 65.8 cm³/mol. The van der Waals surface area contributed by atoms with Gasteiger partial charge in [0.2, 0.25) is 0 Å². The molecule has 0 spiro atoms. The summed E-state index contributed by atoms with van der Waals surface area (Å²) in [5.74, 6) is -0.172. The molecule has 5 heteroatoms. The van der Waals surface area contributed by atoms with Crippen LogP contribution < -0.4 is 5.32 Å². The first-order valence-corrected chi connectivity index (χ1v) is 6.23. The van der Waals surface area contributed by atoms with E-state index in [1.807, 2.05) is 13.8 Å². The summed E-state index contributed by atoms with van der Waals surface area (Å²) in [4.78, 5) is 13.8. The highest BCUT2D eigenvalue weighted by Gasteiger charge is 2.41. The fourth-order valence-electron chi connectivity index (χ4n) is 2.02. The van der Waals surface area contributed by atoms with Crippen LogP contribution in [0.25, 0.3) is 0 Å². The number of hydrogen-bond acceptors (Lipinski definition) is 4. The van der Waals surface area contributed by atoms with Crippen molar-refractivity contribution >= 4 is 5.91 Å². The maximum absolute atomic E-state index is 12.1. The number of rotatable bonds is 6. The first-order valence-electron chi connectivity index (χ1n) is 6.23. The van der Waals surface area contributed by atoms with Crippen LogP contribution in [-0.2, 0) is 9.53 Å². The molecule has 0 aliphatic carbocycles. The van der Waals surface area contributed by atoms with Gasteiger partial charge in [-0.3, -0.25) is 4.79 Å². The van der Waals surface area contributed by atoms with Gasteiger partial charge in [0.25, 0.3) is 5.91 Å². The van der Waals surface area contributed by atoms with E-state index in [2.05, 4.69) is 5.32 Å². The summed E-state index contributed by atoms with van der Waals surface area (Å²) in [6.45, 7) is 6.11. The molecule has 1 amide bonds. The molecule has 1 atom stereocenters. The number of nitrogens with zero attached hydrogens (tertiary/aromatic N) is 1. The molecular weight excluding hydrogens is 220 g/mol. The van der Waals surface area contributed by atoms with Crippen molar-refractivity contribution in [2.45, 2.75) is 38.3 Å². The van der Waals surface area contributed by atoms with E-state index in [-0.39, 0.29) is 11.9 Å². The van der Waals surface area contributed by atoms with E-state index in [9.17, 15) is 9.90 Å². The number of methoxy groups -OCH3 is 1. The van der Waals surface area contributed by atoms with Crippen LogP contribution in [0.3, 0.4) is 0 Å². The normalized spacial score (nSPS) is 25.7. The zero-order valence-corrected chi connectivity index (χ0v) is 11.0. The molecule has 2 N–H and O–H groups in total. The molecule has 1 aliphatic heterocycles. The van der Waals surface area contributed by atoms with E-state index in [0.717, 1.165) is 6.42 Å². The molecule has 1 saturated heterocycles. The number of carbonyl (C=O) groups is 1. The molecule has 0 bridgehead atoms. The minimum Gasteiger partial charge on any atom is -0.383 e. The Morgan fingerprint density at radius 3 is 2.88 bits per heavy atom. The molecule has 1 fully saturated rings. The highest BCUT2D eigenvalue weighted by molar-refractivity contribution is 5.86. The van der Waals surface area contributed by atoms with Crippen molar-refractivity contribution < 1.29 is 14.6 Å². The van der Waals surface area contributed by atoms with Crippen molar-refractivity contribution in [3.8, 4) is 0 Å². The number of nitrogens with one attached hydrogen (secondary N) is 1. The van der Waals surface area contributed by atoms with Crippen molar-refractivity contribution in [2.75, 3.05) is 33.4 Å². The van der Waals surface area contributed by atoms with Gasteiger partial charge in [0.15, 0.2) is 5.60 Å². The van der Waals surface area contributed by atoms with Gasteiger partial charge in [0, 0.05) is 32.8 Å². The minimum atomic E-state index is -1.24. The molecule has 17 heavy (non-hydrogen) atoms. The molecular formula is C12H24N2O3. The van der Waals surface area contributed by atoms with Gasteiger partial charge in [-0.2, -0.15) is 0 Å². The second-order valence-corrected chi connectivity index (χ2v) is 4.96. The highest BCUT2D eigenvalue weighted by atomic mass is 16.5. The summed E-state index contributed by atoms with van der Waals surface area (Å²) >= 11 is 0. The van der Waals surface area contributed by atoms with Crippen molar-refractivity contribution in [2.24, 2.45) is 0 Å². The van der Waals surface area contributed by atoms with Crippen LogP contribution in [0.15, 0.2) is 0 Å². The Labute approximate surface area is 103 Å². The molecule has 0 unspecified atom stereocenters. The molecule has 5 nitrogen and oxygen atoms in total. The van der Waals surface area contributed by atoms with E-state index < -0.39 is 5.60 Å². The second kappa shape index (κ2) is 6.33. The van der Waals surface area contributed by atoms with Gasteiger partial charge in [0.05, 0.1) is 6.61 Å². The predicted octanol–water partition coefficient (Wildman–Crippen LogP) is -0.0157. The van der Waals surface area contributed by atoms with Gasteiger partial charge >= 0.3 is 0 Å². The van der Waals surface area contributed by atoms with Crippen molar-refractivity contribution in [3.05, 3.63) is 0 Å². The maximum Gasteiger partial charge on any atom is 0.255 e. The average molecular weight is 244 g/mol. The maximum atomic E-state index is 12.1. The minimum absolute atomic E-state index is 0.172. The van der Waals surface area contributed by atoms with E-state index >= 15 is 0 Å². The standard InChI is InChI=1S/C12H24N2O3/c1-10(2)13-9-12(16)5-4-6-14(11(12)15)7-8-17-3/h10,13,16H,4-9H2,1-3H3/t12-/m1/s1. The number of amides is 1. The van der Waals surface area contributed by atoms with Crippen LogP contribution in [0.2, 0.25) is 0 Å². The Bertz CT molecular complexity index is 258. The van der Waals surface area contributed by atoms with Crippen LogP contribution in [0, 0.1) is 0 Å². The monoisotopic (exact) mass is 244 g/mol. The Hall–Kier alpha value is -0.650. The van der Waals surface area contributed by atoms with Gasteiger partial charge in [-0.05, 0) is 12.8 Å². The Balaban J connectivity index is 2.56. The number of piperidine rings is 1. The van der Waals surface area contributed by atoms with Gasteiger partial charge < -0.3 is 20.1 Å². The Morgan fingerprint density at radius 1 is 1.59 bits per heavy atom. The molecule has 1 heterocycles. The van der Waals surface area contributed by atoms with Crippen LogP contribution >= 0.6 is 0 Å². The highest BCUT2D eigenvalue weighted by Crippen LogP contribution is 2.22. The van der Waals surface area contributed by atoms with Gasteiger partial charge in [-0.25, -0.2) is 0 Å². The van der Waals surface area contributed by atoms with Crippen LogP contribution in [-0.4, -0.2) is 60.9 Å². The largest absolute Gasteiger partial charge is 0.383 e. The lowest BCUT2D eigenvalue weighted by Crippen LogP contribution is -2.59. The molecule has 0 saturated carbocycles. The fourth-order valence-corrected chi connectivity index (χ4v) is 2.02. The third-order valence-electron chi connectivity index (χ3n) is 3.07. The smallest absolute Gasteiger partial charge is 0.255 e. The van der Waals surface area contributed by atoms with Crippen LogP contribution in [0.4, 0.5) is 0 Å². The Morgan fingerprint density at radius 2 is 2.29 bits per heavy atom. The number of carbonyl (C=O) groups excluding carboxylic acids is 1. The third kappa shape index (κ3) is 3.94. The summed E-state index contributed by atoms with van der Waals surface area (Å²) < 4.78 is 4.97. The van der Waals surface area contributed by atoms with Crippen molar-refractivity contribution in [1.82, 2.24) is 10.2 Å². The average Bonchev–Trinajstić information content (AvgIpc) is 2.29. The second-order valence-electron chi connectivity index (χ2n) is 4.96. The molecule has 100 valence electrons.